The number of anilines is 3. The van der Waals surface area contributed by atoms with Gasteiger partial charge in [-0.2, -0.15) is 20.1 Å². The monoisotopic (exact) mass is 463 g/mol. The summed E-state index contributed by atoms with van der Waals surface area (Å²) in [5.74, 6) is 1.60. The van der Waals surface area contributed by atoms with E-state index in [9.17, 15) is 8.78 Å². The lowest BCUT2D eigenvalue weighted by atomic mass is 10.1. The highest BCUT2D eigenvalue weighted by atomic mass is 19.1. The van der Waals surface area contributed by atoms with Crippen LogP contribution in [0.4, 0.5) is 26.5 Å². The van der Waals surface area contributed by atoms with Crippen LogP contribution >= 0.6 is 0 Å². The molecule has 3 N–H and O–H groups in total. The number of aromatic amines is 1. The minimum atomic E-state index is -0.628. The lowest BCUT2D eigenvalue weighted by Gasteiger charge is -2.16. The molecule has 1 fully saturated rings. The van der Waals surface area contributed by atoms with Crippen LogP contribution in [0.15, 0.2) is 48.5 Å². The molecule has 1 aliphatic carbocycles. The number of H-pyrrole nitrogens is 1. The number of benzene rings is 2. The molecule has 1 unspecified atom stereocenters. The topological polar surface area (TPSA) is 101 Å². The first-order valence-corrected chi connectivity index (χ1v) is 10.9. The molecule has 2 aromatic carbocycles. The summed E-state index contributed by atoms with van der Waals surface area (Å²) in [6, 6.07) is 12.5. The normalized spacial score (nSPS) is 14.0. The van der Waals surface area contributed by atoms with E-state index in [-0.39, 0.29) is 5.92 Å². The molecule has 0 amide bonds. The van der Waals surface area contributed by atoms with Crippen molar-refractivity contribution in [2.24, 2.45) is 0 Å². The van der Waals surface area contributed by atoms with Gasteiger partial charge >= 0.3 is 0 Å². The number of aromatic nitrogens is 5. The molecule has 0 bridgehead atoms. The van der Waals surface area contributed by atoms with Crippen molar-refractivity contribution in [1.29, 1.82) is 0 Å². The fraction of sp³-hybridized carbons (Fsp3) is 0.250. The smallest absolute Gasteiger partial charge is 0.233 e. The summed E-state index contributed by atoms with van der Waals surface area (Å²) in [6.45, 7) is 1.76. The molecule has 0 spiro atoms. The predicted octanol–water partition coefficient (Wildman–Crippen LogP) is 5.34. The summed E-state index contributed by atoms with van der Waals surface area (Å²) in [5, 5.41) is 13.5. The Balaban J connectivity index is 1.37. The third kappa shape index (κ3) is 4.80. The van der Waals surface area contributed by atoms with Crippen LogP contribution in [0.2, 0.25) is 0 Å². The maximum absolute atomic E-state index is 14.2. The van der Waals surface area contributed by atoms with Gasteiger partial charge in [-0.3, -0.25) is 5.10 Å². The molecule has 8 nitrogen and oxygen atoms in total. The Bertz CT molecular complexity index is 1320. The van der Waals surface area contributed by atoms with Gasteiger partial charge in [0.05, 0.1) is 18.8 Å². The van der Waals surface area contributed by atoms with E-state index in [0.717, 1.165) is 35.9 Å². The minimum absolute atomic E-state index is 0.272. The highest BCUT2D eigenvalue weighted by Crippen LogP contribution is 2.39. The third-order valence-electron chi connectivity index (χ3n) is 5.57. The van der Waals surface area contributed by atoms with Crippen molar-refractivity contribution in [3.63, 3.8) is 0 Å². The first kappa shape index (κ1) is 21.7. The van der Waals surface area contributed by atoms with Crippen LogP contribution in [0.3, 0.4) is 0 Å². The summed E-state index contributed by atoms with van der Waals surface area (Å²) >= 11 is 0. The van der Waals surface area contributed by atoms with Crippen molar-refractivity contribution in [1.82, 2.24) is 25.1 Å². The van der Waals surface area contributed by atoms with E-state index in [1.165, 1.54) is 12.1 Å². The first-order valence-electron chi connectivity index (χ1n) is 10.9. The molecule has 2 aromatic heterocycles. The van der Waals surface area contributed by atoms with Crippen molar-refractivity contribution >= 4 is 17.7 Å². The van der Waals surface area contributed by atoms with Gasteiger partial charge in [0.15, 0.2) is 5.82 Å². The summed E-state index contributed by atoms with van der Waals surface area (Å²) in [4.78, 5) is 13.5. The van der Waals surface area contributed by atoms with Crippen molar-refractivity contribution in [3.8, 4) is 17.0 Å². The van der Waals surface area contributed by atoms with Crippen LogP contribution in [0.25, 0.3) is 11.3 Å². The zero-order chi connectivity index (χ0) is 23.7. The van der Waals surface area contributed by atoms with E-state index in [4.69, 9.17) is 4.74 Å². The molecule has 1 atom stereocenters. The Morgan fingerprint density at radius 1 is 1.03 bits per heavy atom. The van der Waals surface area contributed by atoms with E-state index in [0.29, 0.717) is 29.1 Å². The lowest BCUT2D eigenvalue weighted by molar-refractivity contribution is 0.415. The summed E-state index contributed by atoms with van der Waals surface area (Å²) < 4.78 is 32.8. The molecule has 4 aromatic rings. The van der Waals surface area contributed by atoms with Gasteiger partial charge in [0.1, 0.15) is 23.2 Å². The maximum atomic E-state index is 14.2. The predicted molar refractivity (Wildman–Crippen MR) is 124 cm³/mol. The summed E-state index contributed by atoms with van der Waals surface area (Å²) in [7, 11) is 1.62. The summed E-state index contributed by atoms with van der Waals surface area (Å²) in [6.07, 6.45) is 2.01. The molecule has 10 heteroatoms. The third-order valence-corrected chi connectivity index (χ3v) is 5.57. The Hall–Kier alpha value is -4.08. The molecule has 0 radical (unpaired) electrons. The van der Waals surface area contributed by atoms with Crippen LogP contribution < -0.4 is 15.4 Å². The highest BCUT2D eigenvalue weighted by molar-refractivity contribution is 5.65. The van der Waals surface area contributed by atoms with Crippen LogP contribution in [0.1, 0.15) is 43.1 Å². The molecular formula is C24H23F2N7O. The van der Waals surface area contributed by atoms with Crippen LogP contribution in [0.5, 0.6) is 5.75 Å². The van der Waals surface area contributed by atoms with Crippen molar-refractivity contribution in [2.45, 2.75) is 31.7 Å². The van der Waals surface area contributed by atoms with Gasteiger partial charge < -0.3 is 15.4 Å². The van der Waals surface area contributed by atoms with E-state index in [2.05, 4.69) is 35.8 Å². The van der Waals surface area contributed by atoms with Gasteiger partial charge in [0, 0.05) is 29.2 Å². The molecule has 1 saturated carbocycles. The van der Waals surface area contributed by atoms with Gasteiger partial charge in [-0.15, -0.1) is 0 Å². The number of ether oxygens (including phenoxy) is 1. The van der Waals surface area contributed by atoms with Crippen molar-refractivity contribution in [2.75, 3.05) is 17.7 Å². The van der Waals surface area contributed by atoms with E-state index in [1.807, 2.05) is 30.3 Å². The number of rotatable bonds is 8. The molecule has 0 aliphatic heterocycles. The van der Waals surface area contributed by atoms with Crippen LogP contribution in [0, 0.1) is 11.6 Å². The first-order chi connectivity index (χ1) is 16.5. The van der Waals surface area contributed by atoms with Gasteiger partial charge in [-0.1, -0.05) is 18.2 Å². The zero-order valence-corrected chi connectivity index (χ0v) is 18.6. The fourth-order valence-corrected chi connectivity index (χ4v) is 3.60. The Kier molecular flexibility index (Phi) is 5.79. The largest absolute Gasteiger partial charge is 0.497 e. The molecule has 1 aliphatic rings. The number of halogens is 2. The molecular weight excluding hydrogens is 440 g/mol. The van der Waals surface area contributed by atoms with Gasteiger partial charge in [0.25, 0.3) is 0 Å². The molecule has 2 heterocycles. The molecule has 0 saturated heterocycles. The Morgan fingerprint density at radius 3 is 2.62 bits per heavy atom. The Labute approximate surface area is 194 Å². The highest BCUT2D eigenvalue weighted by Gasteiger charge is 2.28. The van der Waals surface area contributed by atoms with Crippen molar-refractivity contribution < 1.29 is 13.5 Å². The van der Waals surface area contributed by atoms with E-state index >= 15 is 0 Å². The average Bonchev–Trinajstić information content (AvgIpc) is 3.58. The van der Waals surface area contributed by atoms with E-state index in [1.54, 1.807) is 14.0 Å². The zero-order valence-electron chi connectivity index (χ0n) is 18.6. The second-order valence-electron chi connectivity index (χ2n) is 8.17. The maximum Gasteiger partial charge on any atom is 0.233 e. The Morgan fingerprint density at radius 2 is 1.85 bits per heavy atom. The van der Waals surface area contributed by atoms with Gasteiger partial charge in [-0.05, 0) is 38.0 Å². The number of nitrogens with zero attached hydrogens (tertiary/aromatic N) is 4. The van der Waals surface area contributed by atoms with Gasteiger partial charge in [-0.25, -0.2) is 8.78 Å². The van der Waals surface area contributed by atoms with E-state index < -0.39 is 17.7 Å². The average molecular weight is 463 g/mol. The van der Waals surface area contributed by atoms with Gasteiger partial charge in [0.2, 0.25) is 11.9 Å². The van der Waals surface area contributed by atoms with Crippen LogP contribution in [-0.2, 0) is 0 Å². The number of hydrogen-bond donors (Lipinski definition) is 3. The lowest BCUT2D eigenvalue weighted by Crippen LogP contribution is -2.14. The number of methoxy groups -OCH3 is 1. The standard InChI is InChI=1S/C24H23F2N7O/c1-13(18-9-8-16(25)11-19(18)26)27-23-29-22(14-6-7-14)30-24(31-23)28-21-12-20(32-33-21)15-4-3-5-17(10-15)34-2/h3-5,8-14H,6-7H2,1-2H3,(H3,27,28,29,30,31,32,33). The van der Waals surface area contributed by atoms with Crippen LogP contribution in [-0.4, -0.2) is 32.3 Å². The second kappa shape index (κ2) is 9.05. The molecule has 174 valence electrons. The quantitative estimate of drug-likeness (QED) is 0.324. The number of nitrogens with one attached hydrogen (secondary N) is 3. The van der Waals surface area contributed by atoms with Crippen molar-refractivity contribution in [3.05, 3.63) is 71.6 Å². The molecule has 34 heavy (non-hydrogen) atoms. The fourth-order valence-electron chi connectivity index (χ4n) is 3.60. The number of hydrogen-bond acceptors (Lipinski definition) is 7. The SMILES string of the molecule is COc1cccc(-c2cc(Nc3nc(NC(C)c4ccc(F)cc4F)nc(C4CC4)n3)n[nH]2)c1. The second-order valence-corrected chi connectivity index (χ2v) is 8.17. The summed E-state index contributed by atoms with van der Waals surface area (Å²) in [5.41, 5.74) is 2.04. The minimum Gasteiger partial charge on any atom is -0.497 e. The molecule has 5 rings (SSSR count).